The summed E-state index contributed by atoms with van der Waals surface area (Å²) in [4.78, 5) is 65.8. The van der Waals surface area contributed by atoms with Crippen molar-refractivity contribution in [2.24, 2.45) is 5.92 Å². The summed E-state index contributed by atoms with van der Waals surface area (Å²) in [6.07, 6.45) is 4.10. The number of rotatable bonds is 12. The summed E-state index contributed by atoms with van der Waals surface area (Å²) in [6, 6.07) is 3.75. The minimum Gasteiger partial charge on any atom is -0.493 e. The summed E-state index contributed by atoms with van der Waals surface area (Å²) in [6.45, 7) is 8.70. The normalized spacial score (nSPS) is 23.0. The fourth-order valence-electron chi connectivity index (χ4n) is 7.57. The summed E-state index contributed by atoms with van der Waals surface area (Å²) in [5, 5.41) is 8.78. The number of imide groups is 2. The summed E-state index contributed by atoms with van der Waals surface area (Å²) in [5.74, 6) is -1.47. The number of ether oxygens (including phenoxy) is 3. The fraction of sp³-hybridized carbons (Fsp3) is 0.622. The lowest BCUT2D eigenvalue weighted by molar-refractivity contribution is -0.136. The van der Waals surface area contributed by atoms with E-state index in [1.54, 1.807) is 37.6 Å². The standard InChI is InChI=1S/C37H48F2N6O8/c1-37(2,3)53-36(50)40-26-21-44(42-31(26)32(38)39)23-10-8-22(9-11-23)20-43-16-14-24(15-17-43)51-18-5-19-52-28-7-4-6-25-30(28)35(49)45(34(25)48)27-12-13-29(46)41-33(27)47/h4,6-7,21-24,27,32H,5,8-20H2,1-3H3,(H,40,50)(H,41,46,47)/t22-,23-,27?. The molecule has 0 spiro atoms. The Morgan fingerprint density at radius 3 is 2.42 bits per heavy atom. The number of nitrogens with zero attached hydrogens (tertiary/aromatic N) is 4. The third-order valence-electron chi connectivity index (χ3n) is 10.2. The van der Waals surface area contributed by atoms with Crippen LogP contribution in [0.25, 0.3) is 0 Å². The molecule has 6 rings (SSSR count). The van der Waals surface area contributed by atoms with Gasteiger partial charge in [-0.2, -0.15) is 5.10 Å². The molecule has 3 aliphatic heterocycles. The lowest BCUT2D eigenvalue weighted by Crippen LogP contribution is -2.54. The van der Waals surface area contributed by atoms with Gasteiger partial charge in [-0.05, 0) is 83.8 Å². The van der Waals surface area contributed by atoms with E-state index in [-0.39, 0.29) is 54.2 Å². The predicted molar refractivity (Wildman–Crippen MR) is 187 cm³/mol. The topological polar surface area (TPSA) is 161 Å². The Morgan fingerprint density at radius 2 is 1.74 bits per heavy atom. The van der Waals surface area contributed by atoms with Crippen LogP contribution in [0, 0.1) is 5.92 Å². The van der Waals surface area contributed by atoms with Crippen molar-refractivity contribution in [2.75, 3.05) is 38.2 Å². The smallest absolute Gasteiger partial charge is 0.412 e. The van der Waals surface area contributed by atoms with E-state index in [4.69, 9.17) is 14.2 Å². The van der Waals surface area contributed by atoms with Crippen LogP contribution in [0.1, 0.15) is 117 Å². The number of carbonyl (C=O) groups excluding carboxylic acids is 5. The average Bonchev–Trinajstić information content (AvgIpc) is 3.63. The van der Waals surface area contributed by atoms with Gasteiger partial charge in [0.2, 0.25) is 11.8 Å². The lowest BCUT2D eigenvalue weighted by Gasteiger charge is -2.36. The second-order valence-electron chi connectivity index (χ2n) is 15.2. The first kappa shape index (κ1) is 38.3. The summed E-state index contributed by atoms with van der Waals surface area (Å²) in [5.41, 5.74) is -0.923. The van der Waals surface area contributed by atoms with E-state index in [1.807, 2.05) is 0 Å². The van der Waals surface area contributed by atoms with Crippen LogP contribution in [0.3, 0.4) is 0 Å². The highest BCUT2D eigenvalue weighted by atomic mass is 19.3. The van der Waals surface area contributed by atoms with Gasteiger partial charge in [0.25, 0.3) is 18.2 Å². The number of nitrogens with one attached hydrogen (secondary N) is 2. The van der Waals surface area contributed by atoms with E-state index in [1.165, 1.54) is 12.3 Å². The van der Waals surface area contributed by atoms with Crippen LogP contribution in [0.2, 0.25) is 0 Å². The summed E-state index contributed by atoms with van der Waals surface area (Å²) in [7, 11) is 0. The molecule has 16 heteroatoms. The van der Waals surface area contributed by atoms with Gasteiger partial charge in [0.05, 0.1) is 42.2 Å². The van der Waals surface area contributed by atoms with Crippen molar-refractivity contribution in [3.63, 3.8) is 0 Å². The molecule has 1 saturated carbocycles. The molecule has 2 saturated heterocycles. The van der Waals surface area contributed by atoms with Crippen LogP contribution in [0.4, 0.5) is 19.3 Å². The maximum absolute atomic E-state index is 13.7. The Balaban J connectivity index is 0.888. The first-order chi connectivity index (χ1) is 25.3. The fourth-order valence-corrected chi connectivity index (χ4v) is 7.57. The van der Waals surface area contributed by atoms with Gasteiger partial charge in [0.1, 0.15) is 17.4 Å². The third kappa shape index (κ3) is 9.21. The summed E-state index contributed by atoms with van der Waals surface area (Å²) >= 11 is 0. The van der Waals surface area contributed by atoms with E-state index >= 15 is 0 Å². The van der Waals surface area contributed by atoms with E-state index in [2.05, 4.69) is 20.6 Å². The molecule has 1 aromatic heterocycles. The number of fused-ring (bicyclic) bond motifs is 1. The maximum atomic E-state index is 13.7. The van der Waals surface area contributed by atoms with Crippen molar-refractivity contribution >= 4 is 35.4 Å². The minimum atomic E-state index is -2.82. The maximum Gasteiger partial charge on any atom is 0.412 e. The number of piperidine rings is 2. The zero-order valence-electron chi connectivity index (χ0n) is 30.4. The zero-order chi connectivity index (χ0) is 37.9. The van der Waals surface area contributed by atoms with Gasteiger partial charge < -0.3 is 19.1 Å². The Morgan fingerprint density at radius 1 is 1.00 bits per heavy atom. The number of hydrogen-bond donors (Lipinski definition) is 2. The largest absolute Gasteiger partial charge is 0.493 e. The summed E-state index contributed by atoms with van der Waals surface area (Å²) < 4.78 is 46.3. The highest BCUT2D eigenvalue weighted by Gasteiger charge is 2.46. The van der Waals surface area contributed by atoms with Gasteiger partial charge in [0.15, 0.2) is 5.69 Å². The van der Waals surface area contributed by atoms with Crippen molar-refractivity contribution in [3.8, 4) is 5.75 Å². The van der Waals surface area contributed by atoms with Crippen LogP contribution in [-0.4, -0.2) is 99.9 Å². The molecule has 288 valence electrons. The Bertz CT molecular complexity index is 1690. The number of likely N-dealkylation sites (tertiary alicyclic amines) is 1. The molecule has 1 unspecified atom stereocenters. The molecule has 4 aliphatic rings. The first-order valence-electron chi connectivity index (χ1n) is 18.5. The molecule has 0 bridgehead atoms. The van der Waals surface area contributed by atoms with Crippen LogP contribution in [0.15, 0.2) is 24.4 Å². The molecule has 0 radical (unpaired) electrons. The molecule has 1 aliphatic carbocycles. The average molecular weight is 743 g/mol. The molecule has 2 N–H and O–H groups in total. The van der Waals surface area contributed by atoms with Gasteiger partial charge in [-0.25, -0.2) is 13.6 Å². The quantitative estimate of drug-likeness (QED) is 0.217. The second kappa shape index (κ2) is 16.3. The molecule has 5 amide bonds. The van der Waals surface area contributed by atoms with Crippen molar-refractivity contribution < 1.29 is 47.0 Å². The number of hydrogen-bond acceptors (Lipinski definition) is 10. The minimum absolute atomic E-state index is 0.0145. The molecule has 3 fully saturated rings. The van der Waals surface area contributed by atoms with Gasteiger partial charge in [0, 0.05) is 38.7 Å². The van der Waals surface area contributed by atoms with E-state index < -0.39 is 53.5 Å². The molecule has 53 heavy (non-hydrogen) atoms. The van der Waals surface area contributed by atoms with Crippen LogP contribution in [0.5, 0.6) is 5.75 Å². The van der Waals surface area contributed by atoms with Crippen molar-refractivity contribution in [2.45, 2.75) is 109 Å². The third-order valence-corrected chi connectivity index (χ3v) is 10.2. The predicted octanol–water partition coefficient (Wildman–Crippen LogP) is 5.25. The first-order valence-corrected chi connectivity index (χ1v) is 18.5. The van der Waals surface area contributed by atoms with Gasteiger partial charge in [-0.15, -0.1) is 0 Å². The molecular formula is C37H48F2N6O8. The SMILES string of the molecule is CC(C)(C)OC(=O)Nc1cn([C@H]2CC[C@H](CN3CCC(OCCCOc4cccc5c4C(=O)N(C4CCC(=O)NC4=O)C5=O)CC3)CC2)nc1C(F)F. The molecule has 1 aromatic carbocycles. The van der Waals surface area contributed by atoms with Crippen molar-refractivity contribution in [3.05, 3.63) is 41.2 Å². The molecule has 14 nitrogen and oxygen atoms in total. The van der Waals surface area contributed by atoms with E-state index in [0.717, 1.165) is 63.1 Å². The highest BCUT2D eigenvalue weighted by Crippen LogP contribution is 2.36. The second-order valence-corrected chi connectivity index (χ2v) is 15.2. The van der Waals surface area contributed by atoms with Crippen molar-refractivity contribution in [1.29, 1.82) is 0 Å². The Hall–Kier alpha value is -4.44. The Labute approximate surface area is 306 Å². The van der Waals surface area contributed by atoms with E-state index in [0.29, 0.717) is 18.9 Å². The van der Waals surface area contributed by atoms with Crippen LogP contribution in [-0.2, 0) is 19.1 Å². The molecular weight excluding hydrogens is 694 g/mol. The Kier molecular flexibility index (Phi) is 11.8. The molecule has 4 heterocycles. The van der Waals surface area contributed by atoms with Gasteiger partial charge in [-0.3, -0.25) is 39.4 Å². The number of alkyl halides is 2. The zero-order valence-corrected chi connectivity index (χ0v) is 30.4. The van der Waals surface area contributed by atoms with Crippen molar-refractivity contribution in [1.82, 2.24) is 24.9 Å². The van der Waals surface area contributed by atoms with Crippen LogP contribution >= 0.6 is 0 Å². The molecule has 1 atom stereocenters. The monoisotopic (exact) mass is 742 g/mol. The van der Waals surface area contributed by atoms with E-state index in [9.17, 15) is 32.8 Å². The van der Waals surface area contributed by atoms with Crippen LogP contribution < -0.4 is 15.4 Å². The molecule has 2 aromatic rings. The number of carbonyl (C=O) groups is 5. The highest BCUT2D eigenvalue weighted by molar-refractivity contribution is 6.24. The number of halogens is 2. The number of benzene rings is 1. The lowest BCUT2D eigenvalue weighted by atomic mass is 9.85. The van der Waals surface area contributed by atoms with Gasteiger partial charge >= 0.3 is 6.09 Å². The number of aromatic nitrogens is 2. The van der Waals surface area contributed by atoms with Gasteiger partial charge in [-0.1, -0.05) is 6.07 Å². The number of anilines is 1. The number of amides is 5.